The Bertz CT molecular complexity index is 934. The first-order valence-corrected chi connectivity index (χ1v) is 11.3. The van der Waals surface area contributed by atoms with Crippen molar-refractivity contribution < 1.29 is 4.74 Å². The molecule has 0 radical (unpaired) electrons. The molecule has 4 rings (SSSR count). The first kappa shape index (κ1) is 20.4. The molecule has 3 heterocycles. The van der Waals surface area contributed by atoms with E-state index in [1.807, 2.05) is 30.5 Å². The van der Waals surface area contributed by atoms with Gasteiger partial charge >= 0.3 is 0 Å². The van der Waals surface area contributed by atoms with E-state index >= 15 is 0 Å². The van der Waals surface area contributed by atoms with Crippen molar-refractivity contribution in [1.82, 2.24) is 14.9 Å². The predicted molar refractivity (Wildman–Crippen MR) is 115 cm³/mol. The van der Waals surface area contributed by atoms with Gasteiger partial charge in [-0.3, -0.25) is 4.90 Å². The molecule has 0 bridgehead atoms. The van der Waals surface area contributed by atoms with Crippen molar-refractivity contribution in [3.63, 3.8) is 0 Å². The monoisotopic (exact) mass is 429 g/mol. The molecule has 1 aromatic carbocycles. The van der Waals surface area contributed by atoms with Crippen LogP contribution in [0.4, 0.5) is 5.82 Å². The van der Waals surface area contributed by atoms with Gasteiger partial charge in [-0.05, 0) is 24.9 Å². The maximum atomic E-state index is 9.17. The lowest BCUT2D eigenvalue weighted by atomic mass is 9.98. The number of piperazine rings is 1. The Hall–Kier alpha value is -1.85. The first-order chi connectivity index (χ1) is 14.1. The third-order valence-corrected chi connectivity index (χ3v) is 6.59. The van der Waals surface area contributed by atoms with Gasteiger partial charge in [-0.15, -0.1) is 0 Å². The third-order valence-electron chi connectivity index (χ3n) is 5.70. The first-order valence-electron chi connectivity index (χ1n) is 9.72. The number of nitriles is 1. The van der Waals surface area contributed by atoms with Crippen molar-refractivity contribution in [3.8, 4) is 6.07 Å². The van der Waals surface area contributed by atoms with Crippen molar-refractivity contribution in [2.24, 2.45) is 0 Å². The molecule has 1 aromatic heterocycles. The average molecular weight is 430 g/mol. The zero-order chi connectivity index (χ0) is 20.4. The molecule has 6 nitrogen and oxygen atoms in total. The van der Waals surface area contributed by atoms with Crippen LogP contribution in [0.5, 0.6) is 0 Å². The molecule has 0 spiro atoms. The second-order valence-electron chi connectivity index (χ2n) is 7.43. The lowest BCUT2D eigenvalue weighted by molar-refractivity contribution is 0.0257. The molecule has 1 saturated heterocycles. The van der Waals surface area contributed by atoms with Crippen LogP contribution < -0.4 is 4.90 Å². The summed E-state index contributed by atoms with van der Waals surface area (Å²) in [6, 6.07) is 10.3. The number of nitrogens with zero attached hydrogens (tertiary/aromatic N) is 5. The molecule has 2 aliphatic rings. The Morgan fingerprint density at radius 1 is 1.31 bits per heavy atom. The van der Waals surface area contributed by atoms with Gasteiger partial charge in [-0.2, -0.15) is 5.26 Å². The van der Waals surface area contributed by atoms with Gasteiger partial charge in [0.15, 0.2) is 5.16 Å². The van der Waals surface area contributed by atoms with Crippen molar-refractivity contribution in [1.29, 1.82) is 5.26 Å². The number of hydrogen-bond acceptors (Lipinski definition) is 7. The quantitative estimate of drug-likeness (QED) is 0.542. The van der Waals surface area contributed by atoms with E-state index in [4.69, 9.17) is 26.3 Å². The Morgan fingerprint density at radius 2 is 2.14 bits per heavy atom. The molecule has 8 heteroatoms. The number of aromatic nitrogens is 2. The fraction of sp³-hybridized carbons (Fsp3) is 0.476. The van der Waals surface area contributed by atoms with Crippen molar-refractivity contribution in [3.05, 3.63) is 46.1 Å². The Balaban J connectivity index is 1.65. The summed E-state index contributed by atoms with van der Waals surface area (Å²) >= 11 is 7.95. The van der Waals surface area contributed by atoms with E-state index in [0.29, 0.717) is 19.4 Å². The van der Waals surface area contributed by atoms with E-state index < -0.39 is 0 Å². The number of ether oxygens (including phenoxy) is 1. The molecule has 2 atom stereocenters. The average Bonchev–Trinajstić information content (AvgIpc) is 2.74. The molecule has 0 amide bonds. The summed E-state index contributed by atoms with van der Waals surface area (Å²) in [4.78, 5) is 14.2. The third kappa shape index (κ3) is 4.22. The molecule has 1 fully saturated rings. The largest absolute Gasteiger partial charge is 0.368 e. The van der Waals surface area contributed by atoms with Crippen LogP contribution in [0.25, 0.3) is 0 Å². The van der Waals surface area contributed by atoms with Crippen molar-refractivity contribution in [2.45, 2.75) is 36.8 Å². The maximum Gasteiger partial charge on any atom is 0.189 e. The zero-order valence-electron chi connectivity index (χ0n) is 16.6. The minimum absolute atomic E-state index is 0.104. The van der Waals surface area contributed by atoms with E-state index in [0.717, 1.165) is 52.5 Å². The molecule has 0 N–H and O–H groups in total. The molecule has 29 heavy (non-hydrogen) atoms. The van der Waals surface area contributed by atoms with E-state index in [2.05, 4.69) is 22.9 Å². The van der Waals surface area contributed by atoms with Gasteiger partial charge in [0, 0.05) is 42.7 Å². The Morgan fingerprint density at radius 3 is 2.90 bits per heavy atom. The Labute approximate surface area is 180 Å². The van der Waals surface area contributed by atoms with Crippen LogP contribution in [0.15, 0.2) is 29.4 Å². The minimum atomic E-state index is -0.104. The van der Waals surface area contributed by atoms with Crippen LogP contribution in [0.2, 0.25) is 5.02 Å². The lowest BCUT2D eigenvalue weighted by Crippen LogP contribution is -2.52. The Kier molecular flexibility index (Phi) is 6.26. The van der Waals surface area contributed by atoms with Crippen LogP contribution in [0.1, 0.15) is 29.3 Å². The van der Waals surface area contributed by atoms with Gasteiger partial charge in [0.05, 0.1) is 30.9 Å². The van der Waals surface area contributed by atoms with Crippen LogP contribution in [0, 0.1) is 11.3 Å². The molecule has 2 aliphatic heterocycles. The standard InChI is InChI=1S/C21H24ClN5OS/c1-26-9-10-27(12-14(26)7-8-23)20-16-13-28-19(15-5-3-4-6-17(15)22)11-18(16)24-21(25-20)29-2/h3-6,14,19H,7,9-13H2,1-2H3/t14-,19?/m0/s1. The van der Waals surface area contributed by atoms with E-state index in [-0.39, 0.29) is 12.1 Å². The number of anilines is 1. The van der Waals surface area contributed by atoms with Gasteiger partial charge in [-0.1, -0.05) is 41.6 Å². The SMILES string of the molecule is CSc1nc2c(c(N3CCN(C)[C@@H](CC#N)C3)n1)COC(c1ccccc1Cl)C2. The summed E-state index contributed by atoms with van der Waals surface area (Å²) in [5.74, 6) is 0.952. The highest BCUT2D eigenvalue weighted by atomic mass is 35.5. The number of benzene rings is 1. The van der Waals surface area contributed by atoms with Gasteiger partial charge in [0.2, 0.25) is 0 Å². The van der Waals surface area contributed by atoms with Gasteiger partial charge in [0.1, 0.15) is 5.82 Å². The smallest absolute Gasteiger partial charge is 0.189 e. The second-order valence-corrected chi connectivity index (χ2v) is 8.61. The maximum absolute atomic E-state index is 9.17. The zero-order valence-corrected chi connectivity index (χ0v) is 18.2. The van der Waals surface area contributed by atoms with Crippen LogP contribution in [-0.2, 0) is 17.8 Å². The number of rotatable bonds is 4. The number of hydrogen-bond donors (Lipinski definition) is 0. The summed E-state index contributed by atoms with van der Waals surface area (Å²) < 4.78 is 6.21. The molecular formula is C21H24ClN5OS. The molecule has 2 aromatic rings. The van der Waals surface area contributed by atoms with Gasteiger partial charge in [-0.25, -0.2) is 9.97 Å². The van der Waals surface area contributed by atoms with E-state index in [9.17, 15) is 5.26 Å². The molecule has 0 aliphatic carbocycles. The van der Waals surface area contributed by atoms with Crippen molar-refractivity contribution in [2.75, 3.05) is 37.8 Å². The van der Waals surface area contributed by atoms with E-state index in [1.165, 1.54) is 0 Å². The second kappa shape index (κ2) is 8.88. The molecule has 152 valence electrons. The van der Waals surface area contributed by atoms with Gasteiger partial charge < -0.3 is 9.64 Å². The number of likely N-dealkylation sites (N-methyl/N-ethyl adjacent to an activating group) is 1. The fourth-order valence-corrected chi connectivity index (χ4v) is 4.62. The van der Waals surface area contributed by atoms with Crippen LogP contribution in [0.3, 0.4) is 0 Å². The predicted octanol–water partition coefficient (Wildman–Crippen LogP) is 3.70. The number of fused-ring (bicyclic) bond motifs is 1. The number of halogens is 1. The molecule has 0 saturated carbocycles. The minimum Gasteiger partial charge on any atom is -0.368 e. The van der Waals surface area contributed by atoms with Gasteiger partial charge in [0.25, 0.3) is 0 Å². The topological polar surface area (TPSA) is 65.3 Å². The lowest BCUT2D eigenvalue weighted by Gasteiger charge is -2.40. The summed E-state index contributed by atoms with van der Waals surface area (Å²) in [6.07, 6.45) is 3.09. The fourth-order valence-electron chi connectivity index (χ4n) is 3.98. The molecular weight excluding hydrogens is 406 g/mol. The summed E-state index contributed by atoms with van der Waals surface area (Å²) in [7, 11) is 2.08. The summed E-state index contributed by atoms with van der Waals surface area (Å²) in [5.41, 5.74) is 3.09. The summed E-state index contributed by atoms with van der Waals surface area (Å²) in [6.45, 7) is 3.03. The molecule has 1 unspecified atom stereocenters. The van der Waals surface area contributed by atoms with Crippen LogP contribution >= 0.6 is 23.4 Å². The summed E-state index contributed by atoms with van der Waals surface area (Å²) in [5, 5.41) is 10.7. The number of thioether (sulfide) groups is 1. The normalized spacial score (nSPS) is 22.2. The highest BCUT2D eigenvalue weighted by Gasteiger charge is 2.31. The highest BCUT2D eigenvalue weighted by Crippen LogP contribution is 2.37. The van der Waals surface area contributed by atoms with Crippen LogP contribution in [-0.4, -0.2) is 53.8 Å². The van der Waals surface area contributed by atoms with E-state index in [1.54, 1.807) is 11.8 Å². The van der Waals surface area contributed by atoms with Crippen molar-refractivity contribution >= 4 is 29.2 Å². The highest BCUT2D eigenvalue weighted by molar-refractivity contribution is 7.98.